The molecule has 34 heavy (non-hydrogen) atoms. The van der Waals surface area contributed by atoms with E-state index in [0.29, 0.717) is 17.1 Å². The summed E-state index contributed by atoms with van der Waals surface area (Å²) in [5, 5.41) is 14.3. The molecule has 0 bridgehead atoms. The number of hydrogen-bond acceptors (Lipinski definition) is 5. The number of aliphatic imine (C=N–C) groups is 1. The van der Waals surface area contributed by atoms with E-state index in [1.165, 1.54) is 0 Å². The lowest BCUT2D eigenvalue weighted by Crippen LogP contribution is -2.35. The molecule has 3 N–H and O–H groups in total. The number of benzene rings is 3. The van der Waals surface area contributed by atoms with E-state index in [-0.39, 0.29) is 17.9 Å². The molecule has 0 aliphatic carbocycles. The molecule has 4 rings (SSSR count). The fourth-order valence-electron chi connectivity index (χ4n) is 3.61. The zero-order valence-electron chi connectivity index (χ0n) is 18.8. The van der Waals surface area contributed by atoms with Gasteiger partial charge >= 0.3 is 5.69 Å². The Bertz CT molecular complexity index is 1460. The van der Waals surface area contributed by atoms with Crippen molar-refractivity contribution in [1.29, 1.82) is 0 Å². The molecule has 0 fully saturated rings. The minimum absolute atomic E-state index is 0.109. The van der Waals surface area contributed by atoms with Crippen LogP contribution in [0.1, 0.15) is 16.7 Å². The number of rotatable bonds is 6. The molecule has 0 amide bonds. The van der Waals surface area contributed by atoms with Crippen molar-refractivity contribution in [1.82, 2.24) is 9.55 Å². The summed E-state index contributed by atoms with van der Waals surface area (Å²) in [6, 6.07) is 23.6. The average Bonchev–Trinajstić information content (AvgIpc) is 2.84. The summed E-state index contributed by atoms with van der Waals surface area (Å²) >= 11 is 0. The second-order valence-electron chi connectivity index (χ2n) is 7.55. The van der Waals surface area contributed by atoms with Crippen LogP contribution < -0.4 is 21.3 Å². The summed E-state index contributed by atoms with van der Waals surface area (Å²) in [6.45, 7) is 1.98. The first-order valence-corrected chi connectivity index (χ1v) is 10.6. The van der Waals surface area contributed by atoms with Crippen molar-refractivity contribution in [3.8, 4) is 17.3 Å². The predicted molar refractivity (Wildman–Crippen MR) is 132 cm³/mol. The van der Waals surface area contributed by atoms with Crippen LogP contribution in [0.25, 0.3) is 5.69 Å². The highest BCUT2D eigenvalue weighted by Gasteiger charge is 2.21. The Balaban J connectivity index is 1.89. The number of nitrogens with one attached hydrogen (secondary N) is 2. The van der Waals surface area contributed by atoms with E-state index in [0.717, 1.165) is 15.7 Å². The van der Waals surface area contributed by atoms with E-state index in [4.69, 9.17) is 4.74 Å². The first-order chi connectivity index (χ1) is 16.5. The molecule has 3 aromatic carbocycles. The number of aryl methyl sites for hydroxylation is 1. The van der Waals surface area contributed by atoms with Crippen LogP contribution in [0.3, 0.4) is 0 Å². The molecule has 1 heterocycles. The quantitative estimate of drug-likeness (QED) is 0.303. The van der Waals surface area contributed by atoms with Crippen LogP contribution in [0, 0.1) is 6.92 Å². The maximum absolute atomic E-state index is 12.9. The van der Waals surface area contributed by atoms with E-state index >= 15 is 0 Å². The number of nitrogens with zero attached hydrogens (tertiary/aromatic N) is 2. The van der Waals surface area contributed by atoms with Gasteiger partial charge in [0.05, 0.1) is 19.3 Å². The molecule has 4 aromatic rings. The topological polar surface area (TPSA) is 109 Å². The molecule has 0 aliphatic heterocycles. The average molecular weight is 457 g/mol. The molecule has 0 aliphatic rings. The lowest BCUT2D eigenvalue weighted by atomic mass is 10.2. The standard InChI is InChI=1S/C26H24N4O4/c1-17-10-6-8-14-20(17)30-25(32)22(24(31)29-26(30)33)23(28-19-12-4-3-5-13-19)27-16-18-11-7-9-15-21(18)34-2/h3-15,32H,16H2,1-2H3,(H,27,28)(H,29,31,33). The van der Waals surface area contributed by atoms with Gasteiger partial charge < -0.3 is 15.2 Å². The van der Waals surface area contributed by atoms with Gasteiger partial charge in [-0.2, -0.15) is 0 Å². The van der Waals surface area contributed by atoms with Gasteiger partial charge in [-0.25, -0.2) is 9.36 Å². The third kappa shape index (κ3) is 4.61. The Labute approximate surface area is 195 Å². The molecule has 1 aromatic heterocycles. The lowest BCUT2D eigenvalue weighted by Gasteiger charge is -2.16. The highest BCUT2D eigenvalue weighted by atomic mass is 16.5. The first-order valence-electron chi connectivity index (χ1n) is 10.6. The third-order valence-corrected chi connectivity index (χ3v) is 5.32. The van der Waals surface area contributed by atoms with E-state index in [1.54, 1.807) is 31.4 Å². The lowest BCUT2D eigenvalue weighted by molar-refractivity contribution is 0.410. The van der Waals surface area contributed by atoms with Crippen molar-refractivity contribution in [2.24, 2.45) is 4.99 Å². The summed E-state index contributed by atoms with van der Waals surface area (Å²) in [5.74, 6) is 0.247. The van der Waals surface area contributed by atoms with Crippen LogP contribution >= 0.6 is 0 Å². The second kappa shape index (κ2) is 9.91. The number of aromatic amines is 1. The highest BCUT2D eigenvalue weighted by Crippen LogP contribution is 2.22. The van der Waals surface area contributed by atoms with Crippen LogP contribution in [-0.4, -0.2) is 27.6 Å². The maximum atomic E-state index is 12.9. The Kier molecular flexibility index (Phi) is 6.59. The summed E-state index contributed by atoms with van der Waals surface area (Å²) < 4.78 is 6.47. The largest absolute Gasteiger partial charge is 0.496 e. The summed E-state index contributed by atoms with van der Waals surface area (Å²) in [4.78, 5) is 32.5. The molecule has 0 unspecified atom stereocenters. The number of aromatic hydroxyl groups is 1. The number of H-pyrrole nitrogens is 1. The third-order valence-electron chi connectivity index (χ3n) is 5.32. The minimum atomic E-state index is -0.755. The summed E-state index contributed by atoms with van der Waals surface area (Å²) in [7, 11) is 1.57. The van der Waals surface area contributed by atoms with E-state index < -0.39 is 17.1 Å². The fraction of sp³-hybridized carbons (Fsp3) is 0.115. The Morgan fingerprint density at radius 3 is 2.41 bits per heavy atom. The first kappa shape index (κ1) is 22.6. The van der Waals surface area contributed by atoms with Gasteiger partial charge in [0.1, 0.15) is 17.1 Å². The van der Waals surface area contributed by atoms with Gasteiger partial charge in [-0.1, -0.05) is 54.6 Å². The van der Waals surface area contributed by atoms with Crippen LogP contribution in [0.15, 0.2) is 93.4 Å². The summed E-state index contributed by atoms with van der Waals surface area (Å²) in [6.07, 6.45) is 0. The number of methoxy groups -OCH3 is 1. The van der Waals surface area contributed by atoms with Crippen LogP contribution in [-0.2, 0) is 6.54 Å². The van der Waals surface area contributed by atoms with Gasteiger partial charge in [-0.15, -0.1) is 0 Å². The number of ether oxygens (including phenoxy) is 1. The zero-order valence-corrected chi connectivity index (χ0v) is 18.8. The minimum Gasteiger partial charge on any atom is -0.496 e. The van der Waals surface area contributed by atoms with Crippen molar-refractivity contribution >= 4 is 11.5 Å². The van der Waals surface area contributed by atoms with Crippen molar-refractivity contribution in [2.45, 2.75) is 13.5 Å². The molecule has 8 heteroatoms. The van der Waals surface area contributed by atoms with Crippen LogP contribution in [0.5, 0.6) is 11.6 Å². The molecule has 0 spiro atoms. The van der Waals surface area contributed by atoms with E-state index in [2.05, 4.69) is 15.3 Å². The number of amidine groups is 1. The molecular weight excluding hydrogens is 432 g/mol. The van der Waals surface area contributed by atoms with Crippen molar-refractivity contribution < 1.29 is 9.84 Å². The SMILES string of the molecule is COc1ccccc1CN=C(Nc1ccccc1)c1c(O)n(-c2ccccc2C)c(=O)[nH]c1=O. The molecule has 0 radical (unpaired) electrons. The normalized spacial score (nSPS) is 11.3. The van der Waals surface area contributed by atoms with Gasteiger partial charge in [-0.05, 0) is 36.8 Å². The van der Waals surface area contributed by atoms with Crippen LogP contribution in [0.2, 0.25) is 0 Å². The zero-order chi connectivity index (χ0) is 24.1. The monoisotopic (exact) mass is 456 g/mol. The second-order valence-corrected chi connectivity index (χ2v) is 7.55. The maximum Gasteiger partial charge on any atom is 0.335 e. The Hall–Kier alpha value is -4.59. The van der Waals surface area contributed by atoms with E-state index in [1.807, 2.05) is 61.5 Å². The van der Waals surface area contributed by atoms with E-state index in [9.17, 15) is 14.7 Å². The van der Waals surface area contributed by atoms with Gasteiger partial charge in [0.2, 0.25) is 5.88 Å². The molecule has 0 saturated heterocycles. The fourth-order valence-corrected chi connectivity index (χ4v) is 3.61. The van der Waals surface area contributed by atoms with Gasteiger partial charge in [0.15, 0.2) is 0 Å². The van der Waals surface area contributed by atoms with Crippen molar-refractivity contribution in [3.05, 3.63) is 116 Å². The Morgan fingerprint density at radius 2 is 1.68 bits per heavy atom. The van der Waals surface area contributed by atoms with Gasteiger partial charge in [-0.3, -0.25) is 14.8 Å². The number of aromatic nitrogens is 2. The molecule has 0 saturated carbocycles. The molecule has 172 valence electrons. The number of anilines is 1. The van der Waals surface area contributed by atoms with Crippen molar-refractivity contribution in [3.63, 3.8) is 0 Å². The predicted octanol–water partition coefficient (Wildman–Crippen LogP) is 3.61. The number of para-hydroxylation sites is 3. The van der Waals surface area contributed by atoms with Crippen molar-refractivity contribution in [2.75, 3.05) is 12.4 Å². The highest BCUT2D eigenvalue weighted by molar-refractivity contribution is 6.09. The molecule has 8 nitrogen and oxygen atoms in total. The molecule has 0 atom stereocenters. The van der Waals surface area contributed by atoms with Crippen LogP contribution in [0.4, 0.5) is 5.69 Å². The number of hydrogen-bond donors (Lipinski definition) is 3. The van der Waals surface area contributed by atoms with Gasteiger partial charge in [0.25, 0.3) is 5.56 Å². The van der Waals surface area contributed by atoms with Gasteiger partial charge in [0, 0.05) is 11.3 Å². The Morgan fingerprint density at radius 1 is 1.00 bits per heavy atom. The molecular formula is C26H24N4O4. The summed E-state index contributed by atoms with van der Waals surface area (Å²) in [5.41, 5.74) is 1.00. The smallest absolute Gasteiger partial charge is 0.335 e.